The summed E-state index contributed by atoms with van der Waals surface area (Å²) in [6.07, 6.45) is 4.81. The zero-order chi connectivity index (χ0) is 10.3. The fourth-order valence-corrected chi connectivity index (χ4v) is 1.73. The molecule has 0 radical (unpaired) electrons. The fourth-order valence-electron chi connectivity index (χ4n) is 1.73. The topological polar surface area (TPSA) is 30.5 Å². The lowest BCUT2D eigenvalue weighted by Gasteiger charge is -2.40. The smallest absolute Gasteiger partial charge is 0.0802 e. The molecule has 1 fully saturated rings. The second-order valence-electron chi connectivity index (χ2n) is 4.03. The van der Waals surface area contributed by atoms with Gasteiger partial charge in [0, 0.05) is 26.8 Å². The number of methoxy groups -OCH3 is 1. The lowest BCUT2D eigenvalue weighted by atomic mass is 9.80. The maximum atomic E-state index is 5.50. The summed E-state index contributed by atoms with van der Waals surface area (Å²) in [5.41, 5.74) is 0.144. The van der Waals surface area contributed by atoms with Crippen LogP contribution in [-0.2, 0) is 9.47 Å². The molecule has 0 saturated heterocycles. The number of rotatable bonds is 8. The van der Waals surface area contributed by atoms with E-state index in [9.17, 15) is 0 Å². The number of ether oxygens (including phenoxy) is 2. The molecule has 0 spiro atoms. The van der Waals surface area contributed by atoms with Crippen molar-refractivity contribution >= 4 is 0 Å². The van der Waals surface area contributed by atoms with Crippen LogP contribution in [0.25, 0.3) is 0 Å². The van der Waals surface area contributed by atoms with E-state index in [1.807, 2.05) is 7.11 Å². The molecule has 0 unspecified atom stereocenters. The average molecular weight is 201 g/mol. The highest BCUT2D eigenvalue weighted by Crippen LogP contribution is 2.34. The Kier molecular flexibility index (Phi) is 5.45. The van der Waals surface area contributed by atoms with E-state index in [0.29, 0.717) is 0 Å². The first-order valence-corrected chi connectivity index (χ1v) is 5.66. The van der Waals surface area contributed by atoms with Crippen molar-refractivity contribution in [2.24, 2.45) is 0 Å². The first-order chi connectivity index (χ1) is 6.83. The number of nitrogens with one attached hydrogen (secondary N) is 1. The Labute approximate surface area is 87.2 Å². The number of hydrogen-bond donors (Lipinski definition) is 1. The molecule has 1 aliphatic rings. The second kappa shape index (κ2) is 6.38. The fraction of sp³-hybridized carbons (Fsp3) is 1.00. The highest BCUT2D eigenvalue weighted by Gasteiger charge is 2.36. The molecule has 0 bridgehead atoms. The molecule has 0 amide bonds. The first kappa shape index (κ1) is 12.0. The van der Waals surface area contributed by atoms with Gasteiger partial charge < -0.3 is 14.8 Å². The van der Waals surface area contributed by atoms with E-state index in [-0.39, 0.29) is 5.60 Å². The van der Waals surface area contributed by atoms with Crippen molar-refractivity contribution in [2.45, 2.75) is 38.2 Å². The predicted octanol–water partition coefficient (Wildman–Crippen LogP) is 1.57. The zero-order valence-corrected chi connectivity index (χ0v) is 9.47. The van der Waals surface area contributed by atoms with Crippen LogP contribution in [0.2, 0.25) is 0 Å². The van der Waals surface area contributed by atoms with Crippen molar-refractivity contribution in [3.8, 4) is 0 Å². The Morgan fingerprint density at radius 3 is 2.57 bits per heavy atom. The molecular weight excluding hydrogens is 178 g/mol. The van der Waals surface area contributed by atoms with Gasteiger partial charge in [0.25, 0.3) is 0 Å². The lowest BCUT2D eigenvalue weighted by Crippen LogP contribution is -2.48. The van der Waals surface area contributed by atoms with Crippen molar-refractivity contribution in [3.63, 3.8) is 0 Å². The molecular formula is C11H23NO2. The van der Waals surface area contributed by atoms with Gasteiger partial charge in [0.15, 0.2) is 0 Å². The van der Waals surface area contributed by atoms with Crippen LogP contribution in [0.4, 0.5) is 0 Å². The summed E-state index contributed by atoms with van der Waals surface area (Å²) in [4.78, 5) is 0. The molecule has 1 N–H and O–H groups in total. The van der Waals surface area contributed by atoms with E-state index >= 15 is 0 Å². The third kappa shape index (κ3) is 3.56. The van der Waals surface area contributed by atoms with Crippen molar-refractivity contribution in [1.82, 2.24) is 5.32 Å². The van der Waals surface area contributed by atoms with Gasteiger partial charge in [-0.1, -0.05) is 6.92 Å². The van der Waals surface area contributed by atoms with Crippen LogP contribution >= 0.6 is 0 Å². The lowest BCUT2D eigenvalue weighted by molar-refractivity contribution is -0.0698. The van der Waals surface area contributed by atoms with E-state index in [4.69, 9.17) is 9.47 Å². The van der Waals surface area contributed by atoms with Crippen molar-refractivity contribution in [3.05, 3.63) is 0 Å². The van der Waals surface area contributed by atoms with Gasteiger partial charge in [0.05, 0.1) is 12.2 Å². The van der Waals surface area contributed by atoms with Crippen LogP contribution in [0.3, 0.4) is 0 Å². The van der Waals surface area contributed by atoms with Crippen LogP contribution in [0, 0.1) is 0 Å². The Morgan fingerprint density at radius 1 is 1.29 bits per heavy atom. The van der Waals surface area contributed by atoms with Crippen LogP contribution < -0.4 is 5.32 Å². The normalized spacial score (nSPS) is 19.3. The van der Waals surface area contributed by atoms with Crippen LogP contribution in [-0.4, -0.2) is 39.0 Å². The summed E-state index contributed by atoms with van der Waals surface area (Å²) in [7, 11) is 1.81. The third-order valence-corrected chi connectivity index (χ3v) is 2.92. The molecule has 1 aliphatic carbocycles. The Morgan fingerprint density at radius 2 is 2.07 bits per heavy atom. The summed E-state index contributed by atoms with van der Waals surface area (Å²) in [6, 6.07) is 0. The van der Waals surface area contributed by atoms with Crippen LogP contribution in [0.15, 0.2) is 0 Å². The average Bonchev–Trinajstić information content (AvgIpc) is 2.15. The molecule has 0 aromatic rings. The minimum absolute atomic E-state index is 0.144. The van der Waals surface area contributed by atoms with Crippen molar-refractivity contribution in [1.29, 1.82) is 0 Å². The van der Waals surface area contributed by atoms with Crippen molar-refractivity contribution < 1.29 is 9.47 Å². The Balaban J connectivity index is 1.92. The van der Waals surface area contributed by atoms with Gasteiger partial charge >= 0.3 is 0 Å². The molecule has 1 rings (SSSR count). The van der Waals surface area contributed by atoms with Crippen molar-refractivity contribution in [2.75, 3.05) is 33.4 Å². The molecule has 1 saturated carbocycles. The summed E-state index contributed by atoms with van der Waals surface area (Å²) in [5.74, 6) is 0. The van der Waals surface area contributed by atoms with Gasteiger partial charge in [-0.15, -0.1) is 0 Å². The van der Waals surface area contributed by atoms with Crippen LogP contribution in [0.5, 0.6) is 0 Å². The van der Waals surface area contributed by atoms with Gasteiger partial charge in [-0.2, -0.15) is 0 Å². The summed E-state index contributed by atoms with van der Waals surface area (Å²) in [6.45, 7) is 5.72. The third-order valence-electron chi connectivity index (χ3n) is 2.92. The molecule has 0 aliphatic heterocycles. The summed E-state index contributed by atoms with van der Waals surface area (Å²) in [5, 5.41) is 3.39. The maximum Gasteiger partial charge on any atom is 0.0802 e. The predicted molar refractivity (Wildman–Crippen MR) is 57.6 cm³/mol. The quantitative estimate of drug-likeness (QED) is 0.605. The van der Waals surface area contributed by atoms with Gasteiger partial charge in [0.1, 0.15) is 0 Å². The number of hydrogen-bond acceptors (Lipinski definition) is 3. The molecule has 0 atom stereocenters. The SMILES string of the molecule is CCCOCCNCC1(OC)CCC1. The molecule has 0 aromatic carbocycles. The molecule has 3 nitrogen and oxygen atoms in total. The van der Waals surface area contributed by atoms with Gasteiger partial charge in [0.2, 0.25) is 0 Å². The van der Waals surface area contributed by atoms with E-state index in [1.165, 1.54) is 19.3 Å². The standard InChI is InChI=1S/C11H23NO2/c1-3-8-14-9-7-12-10-11(13-2)5-4-6-11/h12H,3-10H2,1-2H3. The highest BCUT2D eigenvalue weighted by molar-refractivity contribution is 4.91. The molecule has 0 heterocycles. The minimum atomic E-state index is 0.144. The summed E-state index contributed by atoms with van der Waals surface area (Å²) >= 11 is 0. The molecule has 3 heteroatoms. The van der Waals surface area contributed by atoms with E-state index in [2.05, 4.69) is 12.2 Å². The van der Waals surface area contributed by atoms with E-state index in [1.54, 1.807) is 0 Å². The first-order valence-electron chi connectivity index (χ1n) is 5.66. The zero-order valence-electron chi connectivity index (χ0n) is 9.47. The van der Waals surface area contributed by atoms with Gasteiger partial charge in [-0.05, 0) is 25.7 Å². The maximum absolute atomic E-state index is 5.50. The summed E-state index contributed by atoms with van der Waals surface area (Å²) < 4.78 is 10.9. The molecule has 84 valence electrons. The Bertz CT molecular complexity index is 141. The minimum Gasteiger partial charge on any atom is -0.380 e. The van der Waals surface area contributed by atoms with Crippen LogP contribution in [0.1, 0.15) is 32.6 Å². The van der Waals surface area contributed by atoms with E-state index < -0.39 is 0 Å². The Hall–Kier alpha value is -0.120. The monoisotopic (exact) mass is 201 g/mol. The van der Waals surface area contributed by atoms with Gasteiger partial charge in [-0.3, -0.25) is 0 Å². The molecule has 0 aromatic heterocycles. The largest absolute Gasteiger partial charge is 0.380 e. The van der Waals surface area contributed by atoms with E-state index in [0.717, 1.165) is 32.7 Å². The van der Waals surface area contributed by atoms with Gasteiger partial charge in [-0.25, -0.2) is 0 Å². The second-order valence-corrected chi connectivity index (χ2v) is 4.03. The molecule has 14 heavy (non-hydrogen) atoms. The highest BCUT2D eigenvalue weighted by atomic mass is 16.5.